The Morgan fingerprint density at radius 2 is 2.39 bits per heavy atom. The first-order valence-electron chi connectivity index (χ1n) is 6.65. The minimum Gasteiger partial charge on any atom is -0.388 e. The molecular formula is C15H19NOS. The molecular weight excluding hydrogens is 242 g/mol. The van der Waals surface area contributed by atoms with Gasteiger partial charge in [-0.05, 0) is 50.1 Å². The number of hydrogen-bond acceptors (Lipinski definition) is 2. The molecule has 0 saturated carbocycles. The second-order valence-corrected chi connectivity index (χ2v) is 6.11. The Hall–Kier alpha value is -1.06. The van der Waals surface area contributed by atoms with Gasteiger partial charge in [0.25, 0.3) is 0 Å². The van der Waals surface area contributed by atoms with Crippen molar-refractivity contribution in [3.8, 4) is 0 Å². The van der Waals surface area contributed by atoms with Gasteiger partial charge < -0.3 is 9.67 Å². The largest absolute Gasteiger partial charge is 0.388 e. The lowest BCUT2D eigenvalue weighted by Crippen LogP contribution is -2.13. The summed E-state index contributed by atoms with van der Waals surface area (Å²) in [7, 11) is 0. The highest BCUT2D eigenvalue weighted by Crippen LogP contribution is 2.32. The van der Waals surface area contributed by atoms with Gasteiger partial charge in [-0.25, -0.2) is 0 Å². The van der Waals surface area contributed by atoms with E-state index in [1.807, 2.05) is 11.3 Å². The van der Waals surface area contributed by atoms with E-state index in [9.17, 15) is 5.11 Å². The van der Waals surface area contributed by atoms with E-state index in [1.165, 1.54) is 21.8 Å². The van der Waals surface area contributed by atoms with Crippen LogP contribution >= 0.6 is 11.3 Å². The van der Waals surface area contributed by atoms with Crippen molar-refractivity contribution in [1.82, 2.24) is 4.57 Å². The molecule has 0 bridgehead atoms. The molecule has 2 aromatic heterocycles. The molecule has 0 amide bonds. The van der Waals surface area contributed by atoms with Crippen LogP contribution in [0.2, 0.25) is 0 Å². The molecule has 0 aliphatic heterocycles. The second kappa shape index (κ2) is 4.90. The predicted octanol–water partition coefficient (Wildman–Crippen LogP) is 3.47. The Balaban J connectivity index is 1.83. The standard InChI is InChI=1S/C15H19NOS/c1-11-10-13-14(5-2-6-15(13)17)16(11)8-7-12-4-3-9-18-12/h3-4,9-10,15,17H,2,5-8H2,1H3. The van der Waals surface area contributed by atoms with Crippen LogP contribution < -0.4 is 0 Å². The zero-order valence-corrected chi connectivity index (χ0v) is 11.5. The van der Waals surface area contributed by atoms with E-state index in [2.05, 4.69) is 35.1 Å². The van der Waals surface area contributed by atoms with Gasteiger partial charge >= 0.3 is 0 Å². The lowest BCUT2D eigenvalue weighted by molar-refractivity contribution is 0.155. The highest BCUT2D eigenvalue weighted by molar-refractivity contribution is 7.09. The van der Waals surface area contributed by atoms with E-state index in [0.717, 1.165) is 32.2 Å². The summed E-state index contributed by atoms with van der Waals surface area (Å²) in [6, 6.07) is 6.49. The molecule has 3 rings (SSSR count). The molecule has 0 aromatic carbocycles. The van der Waals surface area contributed by atoms with Crippen LogP contribution in [0.4, 0.5) is 0 Å². The van der Waals surface area contributed by atoms with Gasteiger partial charge in [-0.1, -0.05) is 6.07 Å². The lowest BCUT2D eigenvalue weighted by atomic mass is 9.95. The first kappa shape index (κ1) is 12.0. The molecule has 0 saturated heterocycles. The zero-order chi connectivity index (χ0) is 12.5. The number of rotatable bonds is 3. The topological polar surface area (TPSA) is 25.2 Å². The van der Waals surface area contributed by atoms with Gasteiger partial charge in [0.1, 0.15) is 0 Å². The molecule has 1 N–H and O–H groups in total. The minimum absolute atomic E-state index is 0.240. The van der Waals surface area contributed by atoms with Crippen LogP contribution in [0, 0.1) is 6.92 Å². The van der Waals surface area contributed by atoms with Crippen molar-refractivity contribution in [3.63, 3.8) is 0 Å². The molecule has 0 radical (unpaired) electrons. The summed E-state index contributed by atoms with van der Waals surface area (Å²) < 4.78 is 2.40. The third-order valence-electron chi connectivity index (χ3n) is 3.86. The van der Waals surface area contributed by atoms with Crippen LogP contribution in [0.3, 0.4) is 0 Å². The maximum absolute atomic E-state index is 10.0. The van der Waals surface area contributed by atoms with Crippen LogP contribution in [0.15, 0.2) is 23.6 Å². The van der Waals surface area contributed by atoms with Crippen molar-refractivity contribution in [2.75, 3.05) is 0 Å². The molecule has 1 atom stereocenters. The zero-order valence-electron chi connectivity index (χ0n) is 10.7. The maximum atomic E-state index is 10.0. The molecule has 0 spiro atoms. The van der Waals surface area contributed by atoms with Crippen LogP contribution in [0.25, 0.3) is 0 Å². The number of hydrogen-bond donors (Lipinski definition) is 1. The van der Waals surface area contributed by atoms with Crippen molar-refractivity contribution >= 4 is 11.3 Å². The van der Waals surface area contributed by atoms with Gasteiger partial charge in [-0.2, -0.15) is 0 Å². The summed E-state index contributed by atoms with van der Waals surface area (Å²) >= 11 is 1.83. The van der Waals surface area contributed by atoms with Gasteiger partial charge in [0.05, 0.1) is 6.10 Å². The molecule has 0 fully saturated rings. The van der Waals surface area contributed by atoms with E-state index in [-0.39, 0.29) is 6.10 Å². The smallest absolute Gasteiger partial charge is 0.0807 e. The van der Waals surface area contributed by atoms with Crippen LogP contribution in [0.1, 0.15) is 40.8 Å². The summed E-state index contributed by atoms with van der Waals surface area (Å²) in [6.07, 6.45) is 3.99. The second-order valence-electron chi connectivity index (χ2n) is 5.08. The first-order valence-corrected chi connectivity index (χ1v) is 7.53. The van der Waals surface area contributed by atoms with Crippen molar-refractivity contribution in [1.29, 1.82) is 0 Å². The molecule has 2 nitrogen and oxygen atoms in total. The molecule has 2 heterocycles. The first-order chi connectivity index (χ1) is 8.75. The normalized spacial score (nSPS) is 18.9. The summed E-state index contributed by atoms with van der Waals surface area (Å²) in [5.74, 6) is 0. The highest BCUT2D eigenvalue weighted by atomic mass is 32.1. The summed E-state index contributed by atoms with van der Waals surface area (Å²) in [5.41, 5.74) is 3.82. The fourth-order valence-electron chi connectivity index (χ4n) is 2.93. The third-order valence-corrected chi connectivity index (χ3v) is 4.80. The maximum Gasteiger partial charge on any atom is 0.0807 e. The monoisotopic (exact) mass is 261 g/mol. The molecule has 96 valence electrons. The highest BCUT2D eigenvalue weighted by Gasteiger charge is 2.22. The number of aryl methyl sites for hydroxylation is 2. The number of fused-ring (bicyclic) bond motifs is 1. The average Bonchev–Trinajstić information content (AvgIpc) is 2.95. The number of nitrogens with zero attached hydrogens (tertiary/aromatic N) is 1. The number of aliphatic hydroxyl groups is 1. The van der Waals surface area contributed by atoms with Gasteiger partial charge in [0, 0.05) is 28.4 Å². The van der Waals surface area contributed by atoms with Gasteiger partial charge in [-0.3, -0.25) is 0 Å². The lowest BCUT2D eigenvalue weighted by Gasteiger charge is -2.20. The van der Waals surface area contributed by atoms with Crippen LogP contribution in [-0.2, 0) is 19.4 Å². The van der Waals surface area contributed by atoms with E-state index in [1.54, 1.807) is 0 Å². The van der Waals surface area contributed by atoms with Crippen molar-refractivity contribution < 1.29 is 5.11 Å². The predicted molar refractivity (Wildman–Crippen MR) is 75.1 cm³/mol. The number of thiophene rings is 1. The number of aromatic nitrogens is 1. The summed E-state index contributed by atoms with van der Waals surface area (Å²) in [4.78, 5) is 1.44. The Morgan fingerprint density at radius 1 is 1.50 bits per heavy atom. The molecule has 3 heteroatoms. The molecule has 18 heavy (non-hydrogen) atoms. The SMILES string of the molecule is Cc1cc2c(n1CCc1cccs1)CCCC2O. The van der Waals surface area contributed by atoms with E-state index in [4.69, 9.17) is 0 Å². The summed E-state index contributed by atoms with van der Waals surface area (Å²) in [5, 5.41) is 12.2. The average molecular weight is 261 g/mol. The van der Waals surface area contributed by atoms with Gasteiger partial charge in [-0.15, -0.1) is 11.3 Å². The Morgan fingerprint density at radius 3 is 3.17 bits per heavy atom. The third kappa shape index (κ3) is 2.13. The van der Waals surface area contributed by atoms with E-state index in [0.29, 0.717) is 0 Å². The van der Waals surface area contributed by atoms with E-state index >= 15 is 0 Å². The van der Waals surface area contributed by atoms with Crippen molar-refractivity contribution in [2.24, 2.45) is 0 Å². The van der Waals surface area contributed by atoms with Gasteiger partial charge in [0.15, 0.2) is 0 Å². The van der Waals surface area contributed by atoms with Crippen molar-refractivity contribution in [2.45, 2.75) is 45.3 Å². The Labute approximate surface area is 112 Å². The Kier molecular flexibility index (Phi) is 3.27. The fraction of sp³-hybridized carbons (Fsp3) is 0.467. The quantitative estimate of drug-likeness (QED) is 0.899. The summed E-state index contributed by atoms with van der Waals surface area (Å²) in [6.45, 7) is 3.19. The van der Waals surface area contributed by atoms with Crippen LogP contribution in [0.5, 0.6) is 0 Å². The molecule has 1 aliphatic carbocycles. The molecule has 1 aliphatic rings. The number of aliphatic hydroxyl groups excluding tert-OH is 1. The molecule has 2 aromatic rings. The minimum atomic E-state index is -0.240. The van der Waals surface area contributed by atoms with Crippen LogP contribution in [-0.4, -0.2) is 9.67 Å². The Bertz CT molecular complexity index is 527. The van der Waals surface area contributed by atoms with Gasteiger partial charge in [0.2, 0.25) is 0 Å². The molecule has 1 unspecified atom stereocenters. The van der Waals surface area contributed by atoms with E-state index < -0.39 is 0 Å². The fourth-order valence-corrected chi connectivity index (χ4v) is 3.63. The van der Waals surface area contributed by atoms with Crippen molar-refractivity contribution in [3.05, 3.63) is 45.4 Å².